The molecule has 0 aliphatic heterocycles. The smallest absolute Gasteiger partial charge is 0.462 e. The van der Waals surface area contributed by atoms with Gasteiger partial charge in [0.15, 0.2) is 6.10 Å². The number of phosphoric ester groups is 2. The maximum atomic E-state index is 13.1. The van der Waals surface area contributed by atoms with Crippen molar-refractivity contribution in [3.05, 3.63) is 134 Å². The second-order valence-corrected chi connectivity index (χ2v) is 28.8. The number of carbonyl (C=O) groups excluding carboxylic acids is 4. The minimum atomic E-state index is -4.98. The number of allylic oxidation sites excluding steroid dienone is 22. The molecule has 0 amide bonds. The fourth-order valence-corrected chi connectivity index (χ4v) is 11.6. The van der Waals surface area contributed by atoms with E-state index < -0.39 is 84.9 Å². The molecule has 0 aromatic rings. The van der Waals surface area contributed by atoms with E-state index in [1.807, 2.05) is 24.3 Å². The molecule has 0 aromatic carbocycles. The Kier molecular flexibility index (Phi) is 72.6. The van der Waals surface area contributed by atoms with Gasteiger partial charge < -0.3 is 38.6 Å². The summed E-state index contributed by atoms with van der Waals surface area (Å²) >= 11 is 0. The van der Waals surface area contributed by atoms with Crippen LogP contribution in [0.1, 0.15) is 303 Å². The van der Waals surface area contributed by atoms with E-state index in [0.29, 0.717) is 45.1 Å². The van der Waals surface area contributed by atoms with E-state index in [9.17, 15) is 43.2 Å². The lowest BCUT2D eigenvalue weighted by molar-refractivity contribution is -0.161. The average Bonchev–Trinajstić information content (AvgIpc) is 0.917. The molecule has 0 saturated heterocycles. The van der Waals surface area contributed by atoms with Gasteiger partial charge in [-0.1, -0.05) is 244 Å². The maximum absolute atomic E-state index is 13.1. The fraction of sp³-hybridized carbons (Fsp3) is 0.687. The minimum Gasteiger partial charge on any atom is -0.462 e. The van der Waals surface area contributed by atoms with Crippen LogP contribution in [-0.4, -0.2) is 104 Å². The predicted molar refractivity (Wildman–Crippen MR) is 418 cm³/mol. The summed E-state index contributed by atoms with van der Waals surface area (Å²) in [5.41, 5.74) is 0. The first-order valence-electron chi connectivity index (χ1n) is 39.4. The first-order valence-corrected chi connectivity index (χ1v) is 42.4. The van der Waals surface area contributed by atoms with Gasteiger partial charge in [0.05, 0.1) is 33.0 Å². The second-order valence-electron chi connectivity index (χ2n) is 25.9. The van der Waals surface area contributed by atoms with Crippen LogP contribution >= 0.6 is 15.6 Å². The van der Waals surface area contributed by atoms with Gasteiger partial charge in [0.1, 0.15) is 25.1 Å². The minimum absolute atomic E-state index is 0.0212. The monoisotopic (exact) mass is 1470 g/mol. The van der Waals surface area contributed by atoms with Crippen LogP contribution in [0.15, 0.2) is 134 Å². The van der Waals surface area contributed by atoms with Crippen molar-refractivity contribution >= 4 is 39.8 Å². The van der Waals surface area contributed by atoms with E-state index in [1.54, 1.807) is 0 Å². The number of hydrogen-bond acceptors (Lipinski definition) is 15. The van der Waals surface area contributed by atoms with E-state index in [0.717, 1.165) is 173 Å². The van der Waals surface area contributed by atoms with Crippen LogP contribution < -0.4 is 0 Å². The molecule has 584 valence electrons. The third-order valence-electron chi connectivity index (χ3n) is 16.1. The van der Waals surface area contributed by atoms with Gasteiger partial charge in [0.2, 0.25) is 0 Å². The maximum Gasteiger partial charge on any atom is 0.472 e. The average molecular weight is 1470 g/mol. The lowest BCUT2D eigenvalue weighted by Gasteiger charge is -2.21. The van der Waals surface area contributed by atoms with Gasteiger partial charge in [0.25, 0.3) is 0 Å². The molecule has 17 nitrogen and oxygen atoms in total. The molecule has 0 bridgehead atoms. The lowest BCUT2D eigenvalue weighted by Crippen LogP contribution is -2.30. The van der Waals surface area contributed by atoms with Gasteiger partial charge in [-0.25, -0.2) is 9.13 Å². The van der Waals surface area contributed by atoms with Crippen LogP contribution in [0.5, 0.6) is 0 Å². The molecule has 0 heterocycles. The van der Waals surface area contributed by atoms with E-state index in [2.05, 4.69) is 130 Å². The summed E-state index contributed by atoms with van der Waals surface area (Å²) in [5, 5.41) is 10.6. The zero-order valence-electron chi connectivity index (χ0n) is 63.5. The van der Waals surface area contributed by atoms with Gasteiger partial charge >= 0.3 is 33.6 Å². The van der Waals surface area contributed by atoms with Crippen molar-refractivity contribution < 1.29 is 80.2 Å². The van der Waals surface area contributed by atoms with Crippen molar-refractivity contribution in [1.82, 2.24) is 0 Å². The van der Waals surface area contributed by atoms with E-state index >= 15 is 0 Å². The highest BCUT2D eigenvalue weighted by molar-refractivity contribution is 7.47. The number of hydrogen-bond donors (Lipinski definition) is 3. The summed E-state index contributed by atoms with van der Waals surface area (Å²) < 4.78 is 69.1. The largest absolute Gasteiger partial charge is 0.472 e. The topological polar surface area (TPSA) is 237 Å². The van der Waals surface area contributed by atoms with Gasteiger partial charge in [0, 0.05) is 32.3 Å². The Balaban J connectivity index is 5.42. The predicted octanol–water partition coefficient (Wildman–Crippen LogP) is 22.5. The Labute approximate surface area is 618 Å². The molecule has 0 aromatic heterocycles. The summed E-state index contributed by atoms with van der Waals surface area (Å²) in [6.45, 7) is 3.39. The highest BCUT2D eigenvalue weighted by Gasteiger charge is 2.30. The summed E-state index contributed by atoms with van der Waals surface area (Å²) in [7, 11) is -9.89. The highest BCUT2D eigenvalue weighted by Crippen LogP contribution is 2.45. The van der Waals surface area contributed by atoms with Gasteiger partial charge in [-0.15, -0.1) is 0 Å². The molecule has 19 heteroatoms. The Bertz CT molecular complexity index is 2420. The Hall–Kier alpha value is -4.64. The zero-order valence-corrected chi connectivity index (χ0v) is 65.3. The number of esters is 3. The number of rotatable bonds is 75. The molecule has 0 saturated carbocycles. The number of carbonyl (C=O) groups is 4. The lowest BCUT2D eigenvalue weighted by atomic mass is 10.1. The molecule has 2 unspecified atom stereocenters. The number of ether oxygens (including phenoxy) is 4. The van der Waals surface area contributed by atoms with Gasteiger partial charge in [-0.05, 0) is 167 Å². The first-order chi connectivity index (χ1) is 49.8. The van der Waals surface area contributed by atoms with Crippen molar-refractivity contribution in [2.75, 3.05) is 46.2 Å². The SMILES string of the molecule is CCCCC/C=C\C/C=C\C/C=C\C/C=C\CCCC(=O)O[C@H](COCCCCCCC/C=C\CCCCCCC=O)COP(=O)(O)OC[C@H](O)COP(=O)(O)OC[C@@H](COC(=O)CCCCCCC/C=C\C/C=C\CCCCC)OC(=O)CCC/C=C\C/C=C\C/C=C\C/C=C\CCCCC. The van der Waals surface area contributed by atoms with Crippen molar-refractivity contribution in [1.29, 1.82) is 0 Å². The molecule has 0 radical (unpaired) electrons. The number of aliphatic hydroxyl groups is 1. The highest BCUT2D eigenvalue weighted by atomic mass is 31.2. The van der Waals surface area contributed by atoms with Crippen molar-refractivity contribution in [3.63, 3.8) is 0 Å². The summed E-state index contributed by atoms with van der Waals surface area (Å²) in [6.07, 6.45) is 85.0. The summed E-state index contributed by atoms with van der Waals surface area (Å²) in [4.78, 5) is 70.6. The van der Waals surface area contributed by atoms with Gasteiger partial charge in [-0.2, -0.15) is 0 Å². The molecular formula is C83H140O17P2. The van der Waals surface area contributed by atoms with E-state index in [1.165, 1.54) is 57.8 Å². The van der Waals surface area contributed by atoms with Crippen molar-refractivity contribution in [3.8, 4) is 0 Å². The summed E-state index contributed by atoms with van der Waals surface area (Å²) in [5.74, 6) is -1.69. The molecule has 0 fully saturated rings. The number of unbranched alkanes of at least 4 members (excludes halogenated alkanes) is 26. The molecule has 0 rings (SSSR count). The zero-order chi connectivity index (χ0) is 74.4. The third kappa shape index (κ3) is 75.1. The Morgan fingerprint density at radius 1 is 0.314 bits per heavy atom. The van der Waals surface area contributed by atoms with E-state index in [-0.39, 0.29) is 25.9 Å². The fourth-order valence-electron chi connectivity index (χ4n) is 10.0. The number of aliphatic hydroxyl groups excluding tert-OH is 1. The van der Waals surface area contributed by atoms with Crippen LogP contribution in [0, 0.1) is 0 Å². The molecular weight excluding hydrogens is 1330 g/mol. The van der Waals surface area contributed by atoms with Gasteiger partial charge in [-0.3, -0.25) is 32.5 Å². The molecule has 5 atom stereocenters. The van der Waals surface area contributed by atoms with Crippen LogP contribution in [0.3, 0.4) is 0 Å². The second kappa shape index (κ2) is 76.0. The van der Waals surface area contributed by atoms with Crippen molar-refractivity contribution in [2.45, 2.75) is 322 Å². The molecule has 0 aliphatic carbocycles. The normalized spacial score (nSPS) is 14.6. The first kappa shape index (κ1) is 97.4. The Morgan fingerprint density at radius 3 is 0.951 bits per heavy atom. The molecule has 3 N–H and O–H groups in total. The molecule has 0 aliphatic rings. The van der Waals surface area contributed by atoms with Crippen LogP contribution in [0.2, 0.25) is 0 Å². The summed E-state index contributed by atoms with van der Waals surface area (Å²) in [6, 6.07) is 0. The third-order valence-corrected chi connectivity index (χ3v) is 18.0. The molecule has 102 heavy (non-hydrogen) atoms. The van der Waals surface area contributed by atoms with Crippen LogP contribution in [-0.2, 0) is 65.4 Å². The van der Waals surface area contributed by atoms with Crippen LogP contribution in [0.4, 0.5) is 0 Å². The number of phosphoric acid groups is 2. The van der Waals surface area contributed by atoms with Crippen LogP contribution in [0.25, 0.3) is 0 Å². The molecule has 0 spiro atoms. The standard InChI is InChI=1S/C83H140O17P2/c1-4-7-10-13-16-19-22-25-28-30-33-38-43-48-53-58-63-68-82(87)99-79(74-93-71-66-61-56-51-46-41-36-35-40-45-50-55-60-65-70-84)76-97-101(89,90)95-72-78(85)73-96-102(91,92)98-77-80(75-94-81(86)67-62-57-52-47-42-37-32-27-24-21-18-15-12-9-6-3)100-83(88)69-64-59-54-49-44-39-34-31-29-26-23-20-17-14-11-8-5-2/h16-21,25-29,32-36,38-39,48-49,53-54,70,78-80,85H,4-15,22-24,30-31,37,40-47,50-52,55-69,71-77H2,1-3H3,(H,89,90)(H,91,92)/b19-16-,20-17-,21-18-,28-25-,29-26-,32-27-,36-35-,38-33-,39-34-,53-48-,54-49-/t78-,79+,80+/m0/s1. The van der Waals surface area contributed by atoms with Crippen molar-refractivity contribution in [2.24, 2.45) is 0 Å². The Morgan fingerprint density at radius 2 is 0.588 bits per heavy atom. The van der Waals surface area contributed by atoms with E-state index in [4.69, 9.17) is 37.0 Å². The number of aldehydes is 1. The quantitative estimate of drug-likeness (QED) is 0.0128.